The van der Waals surface area contributed by atoms with Crippen LogP contribution in [0.25, 0.3) is 56.7 Å². The third kappa shape index (κ3) is 7.93. The summed E-state index contributed by atoms with van der Waals surface area (Å²) in [5, 5.41) is 0. The number of aryl methyl sites for hydroxylation is 2. The maximum absolute atomic E-state index is 6.92. The number of amidine groups is 1. The lowest BCUT2D eigenvalue weighted by molar-refractivity contribution is 0.777. The van der Waals surface area contributed by atoms with Crippen LogP contribution in [0.3, 0.4) is 0 Å². The Hall–Kier alpha value is -6.84. The molecule has 0 saturated heterocycles. The smallest absolute Gasteiger partial charge is 0.167 e. The number of hydrogen-bond acceptors (Lipinski definition) is 2. The molecule has 2 N–H and O–H groups in total. The molecule has 3 heteroatoms. The van der Waals surface area contributed by atoms with E-state index in [2.05, 4.69) is 154 Å². The van der Waals surface area contributed by atoms with E-state index in [1.807, 2.05) is 55.5 Å². The molecule has 0 bridgehead atoms. The van der Waals surface area contributed by atoms with Crippen LogP contribution in [0.2, 0.25) is 0 Å². The Morgan fingerprint density at radius 3 is 1.82 bits per heavy atom. The van der Waals surface area contributed by atoms with Gasteiger partial charge in [0.1, 0.15) is 5.84 Å². The van der Waals surface area contributed by atoms with Crippen LogP contribution in [0.15, 0.2) is 187 Å². The summed E-state index contributed by atoms with van der Waals surface area (Å²) in [7, 11) is 0. The quantitative estimate of drug-likeness (QED) is 0.105. The number of benzene rings is 7. The molecule has 0 aliphatic rings. The lowest BCUT2D eigenvalue weighted by Gasteiger charge is -2.18. The van der Waals surface area contributed by atoms with E-state index in [1.165, 1.54) is 22.3 Å². The highest BCUT2D eigenvalue weighted by molar-refractivity contribution is 6.02. The van der Waals surface area contributed by atoms with Gasteiger partial charge >= 0.3 is 0 Å². The topological polar surface area (TPSA) is 50.7 Å². The van der Waals surface area contributed by atoms with Crippen LogP contribution < -0.4 is 5.73 Å². The molecule has 3 nitrogen and oxygen atoms in total. The van der Waals surface area contributed by atoms with Gasteiger partial charge in [0.15, 0.2) is 6.17 Å². The Bertz CT molecular complexity index is 2540. The van der Waals surface area contributed by atoms with E-state index < -0.39 is 6.17 Å². The largest absolute Gasteiger partial charge is 0.383 e. The summed E-state index contributed by atoms with van der Waals surface area (Å²) in [4.78, 5) is 10.3. The third-order valence-electron chi connectivity index (χ3n) is 10.2. The number of hydrogen-bond donors (Lipinski definition) is 1. The first kappa shape index (κ1) is 36.5. The van der Waals surface area contributed by atoms with E-state index in [1.54, 1.807) is 0 Å². The van der Waals surface area contributed by atoms with Crippen LogP contribution in [0.1, 0.15) is 52.0 Å². The Labute approximate surface area is 325 Å². The lowest BCUT2D eigenvalue weighted by atomic mass is 9.87. The van der Waals surface area contributed by atoms with Crippen LogP contribution in [0, 0.1) is 13.8 Å². The van der Waals surface area contributed by atoms with Gasteiger partial charge < -0.3 is 5.73 Å². The van der Waals surface area contributed by atoms with E-state index in [9.17, 15) is 0 Å². The maximum atomic E-state index is 6.92. The predicted octanol–water partition coefficient (Wildman–Crippen LogP) is 13.2. The van der Waals surface area contributed by atoms with Crippen LogP contribution >= 0.6 is 0 Å². The molecule has 7 aromatic carbocycles. The van der Waals surface area contributed by atoms with Crippen LogP contribution in [0.4, 0.5) is 0 Å². The van der Waals surface area contributed by atoms with Gasteiger partial charge in [0.2, 0.25) is 0 Å². The molecule has 0 radical (unpaired) electrons. The molecular weight excluding hydrogens is 667 g/mol. The Morgan fingerprint density at radius 2 is 1.11 bits per heavy atom. The summed E-state index contributed by atoms with van der Waals surface area (Å²) in [6.07, 6.45) is 3.30. The summed E-state index contributed by atoms with van der Waals surface area (Å²) in [6.45, 7) is 14.5. The second kappa shape index (κ2) is 16.4. The van der Waals surface area contributed by atoms with E-state index in [-0.39, 0.29) is 0 Å². The van der Waals surface area contributed by atoms with Gasteiger partial charge in [-0.05, 0) is 111 Å². The molecule has 268 valence electrons. The summed E-state index contributed by atoms with van der Waals surface area (Å²) in [5.74, 6) is 0.420. The van der Waals surface area contributed by atoms with Gasteiger partial charge in [-0.1, -0.05) is 177 Å². The molecule has 0 aliphatic carbocycles. The second-order valence-electron chi connectivity index (χ2n) is 13.8. The minimum atomic E-state index is -0.536. The number of nitrogens with two attached hydrogens (primary N) is 1. The SMILES string of the molecule is C=Cc1ccccc1-c1ccc(C(C)=NC(N=C(N)c2ccc(C)c(-c3c(C=C)cccc3-c3ccc(-c4ccccc4)cc3)c2)c2ccccc2)cc1C. The zero-order chi connectivity index (χ0) is 38.3. The van der Waals surface area contributed by atoms with Crippen molar-refractivity contribution in [2.75, 3.05) is 0 Å². The number of rotatable bonds is 11. The normalized spacial score (nSPS) is 12.3. The van der Waals surface area contributed by atoms with Crippen molar-refractivity contribution >= 4 is 23.7 Å². The van der Waals surface area contributed by atoms with E-state index in [0.29, 0.717) is 5.84 Å². The molecule has 0 aromatic heterocycles. The molecule has 0 aliphatic heterocycles. The van der Waals surface area contributed by atoms with Crippen LogP contribution in [-0.4, -0.2) is 11.5 Å². The van der Waals surface area contributed by atoms with Crippen LogP contribution in [0.5, 0.6) is 0 Å². The third-order valence-corrected chi connectivity index (χ3v) is 10.2. The minimum absolute atomic E-state index is 0.420. The monoisotopic (exact) mass is 711 g/mol. The Kier molecular flexibility index (Phi) is 10.9. The highest BCUT2D eigenvalue weighted by Crippen LogP contribution is 2.39. The number of aliphatic imine (C=N–C) groups is 2. The molecule has 0 saturated carbocycles. The van der Waals surface area contributed by atoms with Gasteiger partial charge in [-0.3, -0.25) is 4.99 Å². The van der Waals surface area contributed by atoms with Gasteiger partial charge in [0, 0.05) is 11.3 Å². The molecule has 55 heavy (non-hydrogen) atoms. The van der Waals surface area contributed by atoms with E-state index in [4.69, 9.17) is 15.7 Å². The summed E-state index contributed by atoms with van der Waals surface area (Å²) in [5.41, 5.74) is 24.3. The van der Waals surface area contributed by atoms with Gasteiger partial charge in [-0.25, -0.2) is 4.99 Å². The second-order valence-corrected chi connectivity index (χ2v) is 13.8. The Balaban J connectivity index is 1.26. The standard InChI is InChI=1S/C52H45N3/c1-6-38-17-14-15-23-47(38)46-32-31-44(33-36(46)4)37(5)54-52(43-20-12-9-13-21-43)55-51(53)45-26-25-35(3)49(34-45)50-39(7-2)22-16-24-48(50)42-29-27-41(28-30-42)40-18-10-8-11-19-40/h6-34,52H,1-2H2,3-5H3,(H2,53,55). The summed E-state index contributed by atoms with van der Waals surface area (Å²) in [6, 6.07) is 56.9. The van der Waals surface area contributed by atoms with Gasteiger partial charge in [0.25, 0.3) is 0 Å². The highest BCUT2D eigenvalue weighted by Gasteiger charge is 2.17. The Morgan fingerprint density at radius 1 is 0.509 bits per heavy atom. The van der Waals surface area contributed by atoms with Crippen molar-refractivity contribution in [1.82, 2.24) is 0 Å². The van der Waals surface area contributed by atoms with Crippen molar-refractivity contribution < 1.29 is 0 Å². The number of nitrogens with zero attached hydrogens (tertiary/aromatic N) is 2. The average Bonchev–Trinajstić information content (AvgIpc) is 3.24. The maximum Gasteiger partial charge on any atom is 0.167 e. The fourth-order valence-corrected chi connectivity index (χ4v) is 7.18. The summed E-state index contributed by atoms with van der Waals surface area (Å²) < 4.78 is 0. The van der Waals surface area contributed by atoms with Gasteiger partial charge in [0.05, 0.1) is 0 Å². The predicted molar refractivity (Wildman–Crippen MR) is 236 cm³/mol. The van der Waals surface area contributed by atoms with Crippen molar-refractivity contribution in [3.8, 4) is 44.5 Å². The minimum Gasteiger partial charge on any atom is -0.383 e. The first-order chi connectivity index (χ1) is 26.8. The van der Waals surface area contributed by atoms with Crippen molar-refractivity contribution in [3.05, 3.63) is 216 Å². The van der Waals surface area contributed by atoms with Crippen molar-refractivity contribution in [3.63, 3.8) is 0 Å². The molecule has 7 rings (SSSR count). The van der Waals surface area contributed by atoms with E-state index in [0.717, 1.165) is 66.9 Å². The molecular formula is C52H45N3. The molecule has 1 unspecified atom stereocenters. The van der Waals surface area contributed by atoms with Crippen molar-refractivity contribution in [1.29, 1.82) is 0 Å². The average molecular weight is 712 g/mol. The summed E-state index contributed by atoms with van der Waals surface area (Å²) >= 11 is 0. The molecule has 1 atom stereocenters. The zero-order valence-corrected chi connectivity index (χ0v) is 31.7. The van der Waals surface area contributed by atoms with Gasteiger partial charge in [-0.15, -0.1) is 0 Å². The molecule has 0 heterocycles. The van der Waals surface area contributed by atoms with E-state index >= 15 is 0 Å². The van der Waals surface area contributed by atoms with Crippen molar-refractivity contribution in [2.45, 2.75) is 26.9 Å². The van der Waals surface area contributed by atoms with Crippen molar-refractivity contribution in [2.24, 2.45) is 15.7 Å². The fraction of sp³-hybridized carbons (Fsp3) is 0.0769. The lowest BCUT2D eigenvalue weighted by Crippen LogP contribution is -2.16. The molecule has 7 aromatic rings. The highest BCUT2D eigenvalue weighted by atomic mass is 15.0. The molecule has 0 amide bonds. The molecule has 0 spiro atoms. The molecule has 0 fully saturated rings. The zero-order valence-electron chi connectivity index (χ0n) is 31.7. The first-order valence-electron chi connectivity index (χ1n) is 18.6. The van der Waals surface area contributed by atoms with Crippen LogP contribution in [-0.2, 0) is 0 Å². The van der Waals surface area contributed by atoms with Gasteiger partial charge in [-0.2, -0.15) is 0 Å². The first-order valence-corrected chi connectivity index (χ1v) is 18.6. The fourth-order valence-electron chi connectivity index (χ4n) is 7.18.